The summed E-state index contributed by atoms with van der Waals surface area (Å²) in [5.74, 6) is 0.753. The summed E-state index contributed by atoms with van der Waals surface area (Å²) < 4.78 is 5.14. The molecule has 1 aliphatic rings. The molecule has 0 heterocycles. The van der Waals surface area contributed by atoms with E-state index in [1.807, 2.05) is 48.5 Å². The number of rotatable bonds is 2. The van der Waals surface area contributed by atoms with Crippen molar-refractivity contribution >= 4 is 23.5 Å². The molecule has 0 bridgehead atoms. The van der Waals surface area contributed by atoms with Gasteiger partial charge < -0.3 is 4.74 Å². The minimum atomic E-state index is 0.115. The van der Waals surface area contributed by atoms with Crippen LogP contribution in [0.25, 0.3) is 6.08 Å². The van der Waals surface area contributed by atoms with E-state index in [9.17, 15) is 4.79 Å². The molecule has 0 fully saturated rings. The van der Waals surface area contributed by atoms with Gasteiger partial charge in [0.2, 0.25) is 0 Å². The molecule has 106 valence electrons. The standard InChI is InChI=1S/C18H15ClO2/c1-21-17-9-6-12(11-16(17)19)10-14-8-7-13-4-2-3-5-15(13)18(14)20/h2-6,9-11H,7-8H2,1H3/b14-10+. The first-order valence-corrected chi connectivity index (χ1v) is 7.23. The van der Waals surface area contributed by atoms with Crippen molar-refractivity contribution in [1.82, 2.24) is 0 Å². The van der Waals surface area contributed by atoms with Crippen LogP contribution in [0.3, 0.4) is 0 Å². The third-order valence-corrected chi connectivity index (χ3v) is 4.03. The second kappa shape index (κ2) is 5.74. The van der Waals surface area contributed by atoms with Crippen molar-refractivity contribution in [3.8, 4) is 5.75 Å². The Morgan fingerprint density at radius 2 is 1.95 bits per heavy atom. The van der Waals surface area contributed by atoms with Gasteiger partial charge in [-0.05, 0) is 42.2 Å². The Hall–Kier alpha value is -2.06. The highest BCUT2D eigenvalue weighted by Crippen LogP contribution is 2.29. The molecule has 1 aliphatic carbocycles. The summed E-state index contributed by atoms with van der Waals surface area (Å²) in [6.07, 6.45) is 3.58. The maximum atomic E-state index is 12.5. The molecule has 3 rings (SSSR count). The number of allylic oxidation sites excluding steroid dienone is 1. The smallest absolute Gasteiger partial charge is 0.189 e. The molecule has 0 saturated heterocycles. The Morgan fingerprint density at radius 3 is 2.71 bits per heavy atom. The van der Waals surface area contributed by atoms with Crippen LogP contribution < -0.4 is 4.74 Å². The third kappa shape index (κ3) is 2.72. The Bertz CT molecular complexity index is 732. The monoisotopic (exact) mass is 298 g/mol. The summed E-state index contributed by atoms with van der Waals surface area (Å²) in [6.45, 7) is 0. The number of methoxy groups -OCH3 is 1. The molecule has 0 aromatic heterocycles. The van der Waals surface area contributed by atoms with Crippen LogP contribution >= 0.6 is 11.6 Å². The Balaban J connectivity index is 1.95. The molecule has 2 aromatic carbocycles. The normalized spacial score (nSPS) is 15.9. The van der Waals surface area contributed by atoms with Crippen molar-refractivity contribution in [3.05, 3.63) is 69.8 Å². The van der Waals surface area contributed by atoms with Gasteiger partial charge >= 0.3 is 0 Å². The zero-order valence-corrected chi connectivity index (χ0v) is 12.5. The number of ketones is 1. The zero-order valence-electron chi connectivity index (χ0n) is 11.7. The van der Waals surface area contributed by atoms with Crippen molar-refractivity contribution in [2.75, 3.05) is 7.11 Å². The number of aryl methyl sites for hydroxylation is 1. The van der Waals surface area contributed by atoms with Crippen LogP contribution in [0.2, 0.25) is 5.02 Å². The molecular formula is C18H15ClO2. The van der Waals surface area contributed by atoms with E-state index in [0.717, 1.165) is 35.1 Å². The summed E-state index contributed by atoms with van der Waals surface area (Å²) in [7, 11) is 1.58. The van der Waals surface area contributed by atoms with Crippen LogP contribution in [0.4, 0.5) is 0 Å². The minimum Gasteiger partial charge on any atom is -0.495 e. The summed E-state index contributed by atoms with van der Waals surface area (Å²) in [5.41, 5.74) is 3.69. The van der Waals surface area contributed by atoms with Gasteiger partial charge in [-0.1, -0.05) is 41.9 Å². The van der Waals surface area contributed by atoms with Crippen molar-refractivity contribution < 1.29 is 9.53 Å². The maximum Gasteiger partial charge on any atom is 0.189 e. The van der Waals surface area contributed by atoms with E-state index in [4.69, 9.17) is 16.3 Å². The molecule has 0 amide bonds. The first-order chi connectivity index (χ1) is 10.2. The van der Waals surface area contributed by atoms with E-state index in [1.165, 1.54) is 0 Å². The van der Waals surface area contributed by atoms with Crippen LogP contribution in [0, 0.1) is 0 Å². The molecule has 3 heteroatoms. The number of hydrogen-bond donors (Lipinski definition) is 0. The highest BCUT2D eigenvalue weighted by Gasteiger charge is 2.21. The van der Waals surface area contributed by atoms with Crippen molar-refractivity contribution in [2.45, 2.75) is 12.8 Å². The van der Waals surface area contributed by atoms with Gasteiger partial charge in [-0.15, -0.1) is 0 Å². The van der Waals surface area contributed by atoms with Gasteiger partial charge in [0.15, 0.2) is 5.78 Å². The SMILES string of the molecule is COc1ccc(/C=C2\CCc3ccccc3C2=O)cc1Cl. The van der Waals surface area contributed by atoms with Gasteiger partial charge in [0.1, 0.15) is 5.75 Å². The minimum absolute atomic E-state index is 0.115. The fourth-order valence-corrected chi connectivity index (χ4v) is 2.89. The predicted octanol–water partition coefficient (Wildman–Crippen LogP) is 4.56. The van der Waals surface area contributed by atoms with E-state index in [1.54, 1.807) is 7.11 Å². The van der Waals surface area contributed by atoms with Crippen molar-refractivity contribution in [2.24, 2.45) is 0 Å². The number of benzene rings is 2. The lowest BCUT2D eigenvalue weighted by Crippen LogP contribution is -2.13. The fourth-order valence-electron chi connectivity index (χ4n) is 2.63. The number of ether oxygens (including phenoxy) is 1. The maximum absolute atomic E-state index is 12.5. The molecule has 0 N–H and O–H groups in total. The number of Topliss-reactive ketones (excluding diaryl/α,β-unsaturated/α-hetero) is 1. The van der Waals surface area contributed by atoms with Gasteiger partial charge in [0.25, 0.3) is 0 Å². The molecule has 0 radical (unpaired) electrons. The van der Waals surface area contributed by atoms with Crippen LogP contribution in [0.15, 0.2) is 48.0 Å². The van der Waals surface area contributed by atoms with Gasteiger partial charge in [-0.25, -0.2) is 0 Å². The fraction of sp³-hybridized carbons (Fsp3) is 0.167. The second-order valence-corrected chi connectivity index (χ2v) is 5.46. The highest BCUT2D eigenvalue weighted by atomic mass is 35.5. The summed E-state index contributed by atoms with van der Waals surface area (Å²) in [6, 6.07) is 13.3. The molecule has 2 aromatic rings. The molecule has 0 saturated carbocycles. The molecular weight excluding hydrogens is 284 g/mol. The third-order valence-electron chi connectivity index (χ3n) is 3.73. The Morgan fingerprint density at radius 1 is 1.14 bits per heavy atom. The van der Waals surface area contributed by atoms with E-state index in [0.29, 0.717) is 10.8 Å². The lowest BCUT2D eigenvalue weighted by Gasteiger charge is -2.17. The molecule has 21 heavy (non-hydrogen) atoms. The van der Waals surface area contributed by atoms with Crippen molar-refractivity contribution in [1.29, 1.82) is 0 Å². The van der Waals surface area contributed by atoms with Gasteiger partial charge in [0, 0.05) is 11.1 Å². The van der Waals surface area contributed by atoms with E-state index in [2.05, 4.69) is 0 Å². The first-order valence-electron chi connectivity index (χ1n) is 6.86. The number of carbonyl (C=O) groups excluding carboxylic acids is 1. The largest absolute Gasteiger partial charge is 0.495 e. The molecule has 2 nitrogen and oxygen atoms in total. The molecule has 0 aliphatic heterocycles. The van der Waals surface area contributed by atoms with Gasteiger partial charge in [-0.3, -0.25) is 4.79 Å². The number of carbonyl (C=O) groups is 1. The van der Waals surface area contributed by atoms with E-state index >= 15 is 0 Å². The van der Waals surface area contributed by atoms with E-state index in [-0.39, 0.29) is 5.78 Å². The van der Waals surface area contributed by atoms with Crippen LogP contribution in [-0.4, -0.2) is 12.9 Å². The Kier molecular flexibility index (Phi) is 3.80. The van der Waals surface area contributed by atoms with Crippen LogP contribution in [0.1, 0.15) is 27.9 Å². The number of fused-ring (bicyclic) bond motifs is 1. The molecule has 0 unspecified atom stereocenters. The topological polar surface area (TPSA) is 26.3 Å². The Labute approximate surface area is 129 Å². The number of hydrogen-bond acceptors (Lipinski definition) is 2. The molecule has 0 atom stereocenters. The zero-order chi connectivity index (χ0) is 14.8. The van der Waals surface area contributed by atoms with E-state index < -0.39 is 0 Å². The summed E-state index contributed by atoms with van der Waals surface area (Å²) in [4.78, 5) is 12.5. The van der Waals surface area contributed by atoms with Gasteiger partial charge in [0.05, 0.1) is 12.1 Å². The van der Waals surface area contributed by atoms with Crippen LogP contribution in [-0.2, 0) is 6.42 Å². The highest BCUT2D eigenvalue weighted by molar-refractivity contribution is 6.32. The quantitative estimate of drug-likeness (QED) is 0.760. The average molecular weight is 299 g/mol. The van der Waals surface area contributed by atoms with Crippen molar-refractivity contribution in [3.63, 3.8) is 0 Å². The first kappa shape index (κ1) is 13.9. The van der Waals surface area contributed by atoms with Gasteiger partial charge in [-0.2, -0.15) is 0 Å². The average Bonchev–Trinajstić information content (AvgIpc) is 2.51. The summed E-state index contributed by atoms with van der Waals surface area (Å²) in [5, 5.41) is 0.551. The summed E-state index contributed by atoms with van der Waals surface area (Å²) >= 11 is 6.13. The lowest BCUT2D eigenvalue weighted by molar-refractivity contribution is 0.102. The molecule has 0 spiro atoms. The predicted molar refractivity (Wildman–Crippen MR) is 85.1 cm³/mol. The number of halogens is 1. The lowest BCUT2D eigenvalue weighted by atomic mass is 9.86. The van der Waals surface area contributed by atoms with Crippen LogP contribution in [0.5, 0.6) is 5.75 Å². The second-order valence-electron chi connectivity index (χ2n) is 5.05.